The number of hydrogen-bond donors (Lipinski definition) is 1. The minimum atomic E-state index is -0.565. The predicted octanol–water partition coefficient (Wildman–Crippen LogP) is 1.89. The molecular formula is C18H21N3O2. The topological polar surface area (TPSA) is 46.5 Å². The summed E-state index contributed by atoms with van der Waals surface area (Å²) in [6, 6.07) is 9.80. The van der Waals surface area contributed by atoms with E-state index in [4.69, 9.17) is 4.74 Å². The van der Waals surface area contributed by atoms with Crippen LogP contribution in [0.5, 0.6) is 0 Å². The number of hydrogen-bond acceptors (Lipinski definition) is 3. The molecule has 1 unspecified atom stereocenters. The summed E-state index contributed by atoms with van der Waals surface area (Å²) in [5.74, 6) is -0.0281. The van der Waals surface area contributed by atoms with Crippen LogP contribution in [0, 0.1) is 0 Å². The van der Waals surface area contributed by atoms with Crippen LogP contribution in [0.1, 0.15) is 27.9 Å². The van der Waals surface area contributed by atoms with E-state index in [1.54, 1.807) is 0 Å². The van der Waals surface area contributed by atoms with Gasteiger partial charge in [0.2, 0.25) is 0 Å². The van der Waals surface area contributed by atoms with E-state index in [1.807, 2.05) is 31.3 Å². The lowest BCUT2D eigenvalue weighted by molar-refractivity contribution is -0.0629. The Labute approximate surface area is 135 Å². The number of likely N-dealkylation sites (tertiary alicyclic amines) is 1. The Morgan fingerprint density at radius 1 is 1.30 bits per heavy atom. The molecule has 1 amide bonds. The summed E-state index contributed by atoms with van der Waals surface area (Å²) < 4.78 is 8.20. The van der Waals surface area contributed by atoms with Gasteiger partial charge in [-0.1, -0.05) is 18.2 Å². The van der Waals surface area contributed by atoms with E-state index in [2.05, 4.69) is 33.2 Å². The maximum atomic E-state index is 12.5. The van der Waals surface area contributed by atoms with Gasteiger partial charge >= 0.3 is 0 Å². The summed E-state index contributed by atoms with van der Waals surface area (Å²) in [5.41, 5.74) is 2.41. The van der Waals surface area contributed by atoms with Gasteiger partial charge < -0.3 is 14.6 Å². The van der Waals surface area contributed by atoms with Gasteiger partial charge in [-0.25, -0.2) is 0 Å². The van der Waals surface area contributed by atoms with Crippen LogP contribution >= 0.6 is 0 Å². The second-order valence-corrected chi connectivity index (χ2v) is 6.54. The van der Waals surface area contributed by atoms with Crippen LogP contribution < -0.4 is 5.32 Å². The predicted molar refractivity (Wildman–Crippen MR) is 86.7 cm³/mol. The first-order valence-corrected chi connectivity index (χ1v) is 8.01. The van der Waals surface area contributed by atoms with Crippen molar-refractivity contribution in [2.45, 2.75) is 25.3 Å². The molecule has 2 aliphatic rings. The molecule has 0 radical (unpaired) electrons. The quantitative estimate of drug-likeness (QED) is 0.921. The zero-order chi connectivity index (χ0) is 15.9. The Kier molecular flexibility index (Phi) is 3.47. The van der Waals surface area contributed by atoms with Crippen molar-refractivity contribution < 1.29 is 9.53 Å². The number of aryl methyl sites for hydroxylation is 1. The fourth-order valence-corrected chi connectivity index (χ4v) is 3.52. The molecule has 4 rings (SSSR count). The van der Waals surface area contributed by atoms with Crippen LogP contribution in [0.25, 0.3) is 0 Å². The highest BCUT2D eigenvalue weighted by atomic mass is 16.5. The Bertz CT molecular complexity index is 739. The summed E-state index contributed by atoms with van der Waals surface area (Å²) in [5, 5.41) is 3.12. The van der Waals surface area contributed by atoms with Crippen molar-refractivity contribution in [3.05, 3.63) is 59.4 Å². The standard InChI is InChI=1S/C18H21N3O2/c1-20-8-6-14(10-20)11-21-9-7-18(13-21)19-17(22)16-5-3-2-4-15(16)12-23-18/h2-6,8,10H,7,9,11-13H2,1H3,(H,19,22). The third kappa shape index (κ3) is 2.78. The van der Waals surface area contributed by atoms with Crippen LogP contribution in [0.3, 0.4) is 0 Å². The number of amides is 1. The Hall–Kier alpha value is -2.11. The first kappa shape index (κ1) is 14.5. The third-order valence-electron chi connectivity index (χ3n) is 4.72. The fourth-order valence-electron chi connectivity index (χ4n) is 3.52. The van der Waals surface area contributed by atoms with E-state index in [0.29, 0.717) is 6.61 Å². The molecule has 1 fully saturated rings. The van der Waals surface area contributed by atoms with Crippen LogP contribution in [0.2, 0.25) is 0 Å². The van der Waals surface area contributed by atoms with Crippen molar-refractivity contribution >= 4 is 5.91 Å². The normalized spacial score (nSPS) is 24.5. The van der Waals surface area contributed by atoms with Crippen molar-refractivity contribution in [1.29, 1.82) is 0 Å². The number of carbonyl (C=O) groups excluding carboxylic acids is 1. The second kappa shape index (κ2) is 5.51. The van der Waals surface area contributed by atoms with Gasteiger partial charge in [0.05, 0.1) is 6.61 Å². The second-order valence-electron chi connectivity index (χ2n) is 6.54. The highest BCUT2D eigenvalue weighted by molar-refractivity contribution is 5.96. The largest absolute Gasteiger partial charge is 0.357 e. The summed E-state index contributed by atoms with van der Waals surface area (Å²) >= 11 is 0. The van der Waals surface area contributed by atoms with Gasteiger partial charge in [0, 0.05) is 51.1 Å². The molecule has 2 aromatic rings. The molecule has 1 N–H and O–H groups in total. The Balaban J connectivity index is 1.49. The van der Waals surface area contributed by atoms with E-state index in [-0.39, 0.29) is 5.91 Å². The molecule has 1 spiro atoms. The smallest absolute Gasteiger partial charge is 0.253 e. The molecular weight excluding hydrogens is 290 g/mol. The van der Waals surface area contributed by atoms with Crippen molar-refractivity contribution in [3.63, 3.8) is 0 Å². The van der Waals surface area contributed by atoms with Crippen molar-refractivity contribution in [2.75, 3.05) is 13.1 Å². The molecule has 0 bridgehead atoms. The molecule has 120 valence electrons. The highest BCUT2D eigenvalue weighted by Crippen LogP contribution is 2.29. The number of benzene rings is 1. The molecule has 1 aromatic carbocycles. The summed E-state index contributed by atoms with van der Waals surface area (Å²) in [6.07, 6.45) is 5.01. The van der Waals surface area contributed by atoms with Crippen molar-refractivity contribution in [3.8, 4) is 0 Å². The van der Waals surface area contributed by atoms with E-state index in [0.717, 1.165) is 37.2 Å². The van der Waals surface area contributed by atoms with Crippen LogP contribution in [0.4, 0.5) is 0 Å². The first-order valence-electron chi connectivity index (χ1n) is 8.01. The maximum absolute atomic E-state index is 12.5. The monoisotopic (exact) mass is 311 g/mol. The average Bonchev–Trinajstić information content (AvgIpc) is 3.09. The van der Waals surface area contributed by atoms with Gasteiger partial charge in [-0.05, 0) is 23.3 Å². The van der Waals surface area contributed by atoms with E-state index < -0.39 is 5.72 Å². The van der Waals surface area contributed by atoms with Gasteiger partial charge in [-0.3, -0.25) is 9.69 Å². The zero-order valence-electron chi connectivity index (χ0n) is 13.3. The van der Waals surface area contributed by atoms with Gasteiger partial charge in [-0.2, -0.15) is 0 Å². The lowest BCUT2D eigenvalue weighted by Gasteiger charge is -2.28. The van der Waals surface area contributed by atoms with Gasteiger partial charge in [-0.15, -0.1) is 0 Å². The fraction of sp³-hybridized carbons (Fsp3) is 0.389. The van der Waals surface area contributed by atoms with E-state index in [1.165, 1.54) is 5.56 Å². The molecule has 23 heavy (non-hydrogen) atoms. The SMILES string of the molecule is Cn1ccc(CN2CCC3(C2)NC(=O)c2ccccc2CO3)c1. The van der Waals surface area contributed by atoms with Gasteiger partial charge in [0.25, 0.3) is 5.91 Å². The molecule has 1 atom stereocenters. The Morgan fingerprint density at radius 2 is 2.17 bits per heavy atom. The van der Waals surface area contributed by atoms with Crippen LogP contribution in [-0.2, 0) is 24.9 Å². The summed E-state index contributed by atoms with van der Waals surface area (Å²) in [6.45, 7) is 3.01. The van der Waals surface area contributed by atoms with Crippen molar-refractivity contribution in [1.82, 2.24) is 14.8 Å². The number of fused-ring (bicyclic) bond motifs is 1. The minimum Gasteiger partial charge on any atom is -0.357 e. The zero-order valence-corrected chi connectivity index (χ0v) is 13.3. The molecule has 2 aliphatic heterocycles. The van der Waals surface area contributed by atoms with E-state index >= 15 is 0 Å². The average molecular weight is 311 g/mol. The summed E-state index contributed by atoms with van der Waals surface area (Å²) in [4.78, 5) is 14.9. The molecule has 1 aromatic heterocycles. The number of rotatable bonds is 2. The number of nitrogens with zero attached hydrogens (tertiary/aromatic N) is 2. The summed E-state index contributed by atoms with van der Waals surface area (Å²) in [7, 11) is 2.03. The van der Waals surface area contributed by atoms with E-state index in [9.17, 15) is 4.79 Å². The first-order chi connectivity index (χ1) is 11.1. The molecule has 0 saturated carbocycles. The molecule has 5 nitrogen and oxygen atoms in total. The lowest BCUT2D eigenvalue weighted by Crippen LogP contribution is -2.51. The number of ether oxygens (including phenoxy) is 1. The highest BCUT2D eigenvalue weighted by Gasteiger charge is 2.42. The molecule has 1 saturated heterocycles. The Morgan fingerprint density at radius 3 is 3.00 bits per heavy atom. The number of aromatic nitrogens is 1. The lowest BCUT2D eigenvalue weighted by atomic mass is 10.1. The van der Waals surface area contributed by atoms with Gasteiger partial charge in [0.15, 0.2) is 5.72 Å². The van der Waals surface area contributed by atoms with Crippen molar-refractivity contribution in [2.24, 2.45) is 7.05 Å². The third-order valence-corrected chi connectivity index (χ3v) is 4.72. The van der Waals surface area contributed by atoms with Crippen LogP contribution in [-0.4, -0.2) is 34.2 Å². The maximum Gasteiger partial charge on any atom is 0.253 e. The van der Waals surface area contributed by atoms with Crippen LogP contribution in [0.15, 0.2) is 42.7 Å². The van der Waals surface area contributed by atoms with Gasteiger partial charge in [0.1, 0.15) is 0 Å². The number of carbonyl (C=O) groups is 1. The minimum absolute atomic E-state index is 0.0281. The molecule has 0 aliphatic carbocycles. The molecule has 5 heteroatoms. The molecule has 3 heterocycles. The number of nitrogens with one attached hydrogen (secondary N) is 1.